The molecule has 0 radical (unpaired) electrons. The highest BCUT2D eigenvalue weighted by molar-refractivity contribution is 7.13. The zero-order valence-corrected chi connectivity index (χ0v) is 14.8. The van der Waals surface area contributed by atoms with Gasteiger partial charge >= 0.3 is 0 Å². The van der Waals surface area contributed by atoms with Crippen LogP contribution in [0.4, 0.5) is 5.82 Å². The van der Waals surface area contributed by atoms with Crippen LogP contribution < -0.4 is 10.2 Å². The summed E-state index contributed by atoms with van der Waals surface area (Å²) in [6, 6.07) is 15.0. The summed E-state index contributed by atoms with van der Waals surface area (Å²) in [5.41, 5.74) is 2.14. The third-order valence-corrected chi connectivity index (χ3v) is 5.38. The number of aromatic amines is 1. The monoisotopic (exact) mass is 363 g/mol. The molecule has 130 valence electrons. The highest BCUT2D eigenvalue weighted by Crippen LogP contribution is 2.27. The Hall–Kier alpha value is -3.11. The molecule has 3 heterocycles. The second-order valence-electron chi connectivity index (χ2n) is 6.21. The fourth-order valence-corrected chi connectivity index (χ4v) is 3.77. The maximum absolute atomic E-state index is 12.4. The number of carbonyl (C=O) groups excluding carboxylic acids is 1. The number of nitrogens with one attached hydrogen (secondary N) is 2. The Morgan fingerprint density at radius 1 is 1.35 bits per heavy atom. The van der Waals surface area contributed by atoms with Crippen LogP contribution in [-0.2, 0) is 0 Å². The van der Waals surface area contributed by atoms with Crippen molar-refractivity contribution in [3.63, 3.8) is 0 Å². The second kappa shape index (κ2) is 7.02. The molecule has 2 aromatic heterocycles. The van der Waals surface area contributed by atoms with Crippen LogP contribution in [0.5, 0.6) is 0 Å². The molecule has 0 spiro atoms. The van der Waals surface area contributed by atoms with Crippen molar-refractivity contribution < 1.29 is 4.79 Å². The lowest BCUT2D eigenvalue weighted by Gasteiger charge is -2.16. The van der Waals surface area contributed by atoms with Crippen LogP contribution in [0.3, 0.4) is 0 Å². The quantitative estimate of drug-likeness (QED) is 0.746. The average molecular weight is 363 g/mol. The van der Waals surface area contributed by atoms with Gasteiger partial charge < -0.3 is 10.2 Å². The largest absolute Gasteiger partial charge is 0.353 e. The van der Waals surface area contributed by atoms with E-state index in [9.17, 15) is 4.79 Å². The smallest absolute Gasteiger partial charge is 0.251 e. The second-order valence-corrected chi connectivity index (χ2v) is 7.16. The minimum absolute atomic E-state index is 0.0834. The molecule has 1 fully saturated rings. The fraction of sp³-hybridized carbons (Fsp3) is 0.211. The first-order valence-corrected chi connectivity index (χ1v) is 9.26. The van der Waals surface area contributed by atoms with Gasteiger partial charge in [0.1, 0.15) is 0 Å². The number of rotatable bonds is 4. The molecule has 3 aromatic rings. The Bertz CT molecular complexity index is 939. The van der Waals surface area contributed by atoms with Gasteiger partial charge in [-0.3, -0.25) is 9.89 Å². The van der Waals surface area contributed by atoms with Gasteiger partial charge in [-0.05, 0) is 42.1 Å². The standard InChI is InChI=1S/C19H17N5OS/c20-11-13-3-5-14(6-4-13)19(25)21-15-7-8-24(12-15)18-10-16(22-23-18)17-2-1-9-26-17/h1-6,9-10,15H,7-8,12H2,(H,21,25)(H,22,23)/t15-/m0/s1. The Morgan fingerprint density at radius 3 is 2.92 bits per heavy atom. The molecular weight excluding hydrogens is 346 g/mol. The van der Waals surface area contributed by atoms with Crippen LogP contribution in [0.1, 0.15) is 22.3 Å². The summed E-state index contributed by atoms with van der Waals surface area (Å²) in [4.78, 5) is 15.7. The first-order valence-electron chi connectivity index (χ1n) is 8.38. The maximum atomic E-state index is 12.4. The van der Waals surface area contributed by atoms with E-state index in [2.05, 4.69) is 38.6 Å². The van der Waals surface area contributed by atoms with Crippen LogP contribution in [0.25, 0.3) is 10.6 Å². The number of benzene rings is 1. The van der Waals surface area contributed by atoms with Crippen molar-refractivity contribution in [2.75, 3.05) is 18.0 Å². The van der Waals surface area contributed by atoms with Crippen LogP contribution >= 0.6 is 11.3 Å². The normalized spacial score (nSPS) is 16.4. The average Bonchev–Trinajstić information content (AvgIpc) is 3.41. The van der Waals surface area contributed by atoms with Gasteiger partial charge in [-0.2, -0.15) is 10.4 Å². The Kier molecular flexibility index (Phi) is 4.42. The van der Waals surface area contributed by atoms with Crippen molar-refractivity contribution in [2.45, 2.75) is 12.5 Å². The van der Waals surface area contributed by atoms with E-state index in [4.69, 9.17) is 5.26 Å². The number of hydrogen-bond acceptors (Lipinski definition) is 5. The third-order valence-electron chi connectivity index (χ3n) is 4.47. The minimum Gasteiger partial charge on any atom is -0.353 e. The lowest BCUT2D eigenvalue weighted by atomic mass is 10.1. The Balaban J connectivity index is 1.37. The van der Waals surface area contributed by atoms with Crippen molar-refractivity contribution in [1.29, 1.82) is 5.26 Å². The predicted octanol–water partition coefficient (Wildman–Crippen LogP) is 3.02. The molecule has 0 saturated carbocycles. The van der Waals surface area contributed by atoms with E-state index in [1.54, 1.807) is 35.6 Å². The molecule has 0 unspecified atom stereocenters. The molecule has 6 nitrogen and oxygen atoms in total. The number of hydrogen-bond donors (Lipinski definition) is 2. The van der Waals surface area contributed by atoms with Gasteiger partial charge in [0.25, 0.3) is 5.91 Å². The van der Waals surface area contributed by atoms with Crippen molar-refractivity contribution in [3.8, 4) is 16.6 Å². The molecule has 1 aliphatic rings. The molecule has 7 heteroatoms. The van der Waals surface area contributed by atoms with E-state index in [0.717, 1.165) is 35.9 Å². The van der Waals surface area contributed by atoms with E-state index in [1.807, 2.05) is 11.4 Å². The molecule has 1 aromatic carbocycles. The number of thiophene rings is 1. The number of nitrogens with zero attached hydrogens (tertiary/aromatic N) is 3. The Morgan fingerprint density at radius 2 is 2.19 bits per heavy atom. The predicted molar refractivity (Wildman–Crippen MR) is 101 cm³/mol. The SMILES string of the molecule is N#Cc1ccc(C(=O)N[C@H]2CCN(c3cc(-c4cccs4)[nH]n3)C2)cc1. The zero-order valence-electron chi connectivity index (χ0n) is 14.0. The molecule has 0 bridgehead atoms. The fourth-order valence-electron chi connectivity index (χ4n) is 3.08. The lowest BCUT2D eigenvalue weighted by Crippen LogP contribution is -2.37. The number of amides is 1. The summed E-state index contributed by atoms with van der Waals surface area (Å²) in [5.74, 6) is 0.797. The summed E-state index contributed by atoms with van der Waals surface area (Å²) in [5, 5.41) is 21.4. The molecule has 1 aliphatic heterocycles. The van der Waals surface area contributed by atoms with Crippen LogP contribution in [0, 0.1) is 11.3 Å². The molecule has 1 saturated heterocycles. The van der Waals surface area contributed by atoms with E-state index in [0.29, 0.717) is 11.1 Å². The van der Waals surface area contributed by atoms with Crippen LogP contribution in [0.15, 0.2) is 47.8 Å². The molecule has 1 amide bonds. The van der Waals surface area contributed by atoms with Gasteiger partial charge in [0.15, 0.2) is 5.82 Å². The van der Waals surface area contributed by atoms with Crippen molar-refractivity contribution in [3.05, 3.63) is 59.0 Å². The van der Waals surface area contributed by atoms with Gasteiger partial charge in [-0.1, -0.05) is 6.07 Å². The van der Waals surface area contributed by atoms with Gasteiger partial charge in [0, 0.05) is 30.8 Å². The van der Waals surface area contributed by atoms with E-state index in [1.165, 1.54) is 0 Å². The molecular formula is C19H17N5OS. The van der Waals surface area contributed by atoms with Crippen LogP contribution in [0.2, 0.25) is 0 Å². The van der Waals surface area contributed by atoms with Crippen molar-refractivity contribution >= 4 is 23.1 Å². The summed E-state index contributed by atoms with van der Waals surface area (Å²) < 4.78 is 0. The first-order chi connectivity index (χ1) is 12.7. The zero-order chi connectivity index (χ0) is 17.9. The summed E-state index contributed by atoms with van der Waals surface area (Å²) in [7, 11) is 0. The van der Waals surface area contributed by atoms with Crippen molar-refractivity contribution in [1.82, 2.24) is 15.5 Å². The molecule has 4 rings (SSSR count). The summed E-state index contributed by atoms with van der Waals surface area (Å²) in [6.07, 6.45) is 0.878. The number of anilines is 1. The molecule has 1 atom stereocenters. The number of carbonyl (C=O) groups is 1. The van der Waals surface area contributed by atoms with Gasteiger partial charge in [-0.25, -0.2) is 0 Å². The third kappa shape index (κ3) is 3.32. The highest BCUT2D eigenvalue weighted by Gasteiger charge is 2.26. The van der Waals surface area contributed by atoms with Gasteiger partial charge in [0.2, 0.25) is 0 Å². The lowest BCUT2D eigenvalue weighted by molar-refractivity contribution is 0.0940. The first kappa shape index (κ1) is 16.4. The molecule has 2 N–H and O–H groups in total. The summed E-state index contributed by atoms with van der Waals surface area (Å²) in [6.45, 7) is 1.59. The van der Waals surface area contributed by atoms with Crippen LogP contribution in [-0.4, -0.2) is 35.2 Å². The summed E-state index contributed by atoms with van der Waals surface area (Å²) >= 11 is 1.67. The maximum Gasteiger partial charge on any atom is 0.251 e. The van der Waals surface area contributed by atoms with Crippen molar-refractivity contribution in [2.24, 2.45) is 0 Å². The molecule has 0 aliphatic carbocycles. The highest BCUT2D eigenvalue weighted by atomic mass is 32.1. The number of H-pyrrole nitrogens is 1. The van der Waals surface area contributed by atoms with E-state index in [-0.39, 0.29) is 11.9 Å². The Labute approximate surface area is 155 Å². The van der Waals surface area contributed by atoms with E-state index < -0.39 is 0 Å². The number of nitriles is 1. The molecule has 26 heavy (non-hydrogen) atoms. The van der Waals surface area contributed by atoms with Gasteiger partial charge in [-0.15, -0.1) is 11.3 Å². The minimum atomic E-state index is -0.109. The van der Waals surface area contributed by atoms with E-state index >= 15 is 0 Å². The van der Waals surface area contributed by atoms with Gasteiger partial charge in [0.05, 0.1) is 22.2 Å². The number of aromatic nitrogens is 2. The topological polar surface area (TPSA) is 84.8 Å².